The Labute approximate surface area is 163 Å². The molecule has 0 radical (unpaired) electrons. The van der Waals surface area contributed by atoms with E-state index in [4.69, 9.17) is 0 Å². The summed E-state index contributed by atoms with van der Waals surface area (Å²) in [6.45, 7) is 3.03. The molecule has 0 fully saturated rings. The van der Waals surface area contributed by atoms with Gasteiger partial charge in [0.05, 0.1) is 5.56 Å². The lowest BCUT2D eigenvalue weighted by molar-refractivity contribution is 0.574. The van der Waals surface area contributed by atoms with Gasteiger partial charge in [-0.1, -0.05) is 18.7 Å². The summed E-state index contributed by atoms with van der Waals surface area (Å²) in [7, 11) is 1.50. The second kappa shape index (κ2) is 8.30. The Balaban J connectivity index is 1.93. The SMILES string of the molecule is C=C(F)/C=C\C=C(\F)Cc1c(=O)n(C)n2cc(Cc3ccc(F)cc3F)cnc12. The van der Waals surface area contributed by atoms with E-state index in [0.717, 1.165) is 30.4 Å². The van der Waals surface area contributed by atoms with Gasteiger partial charge >= 0.3 is 0 Å². The summed E-state index contributed by atoms with van der Waals surface area (Å²) in [5.41, 5.74) is 0.808. The van der Waals surface area contributed by atoms with Gasteiger partial charge in [0.1, 0.15) is 23.3 Å². The number of aryl methyl sites for hydroxylation is 1. The van der Waals surface area contributed by atoms with Crippen molar-refractivity contribution in [3.63, 3.8) is 0 Å². The fourth-order valence-corrected chi connectivity index (χ4v) is 2.90. The molecule has 8 heteroatoms. The molecule has 0 aliphatic heterocycles. The number of hydrogen-bond donors (Lipinski definition) is 0. The Morgan fingerprint density at radius 2 is 2.03 bits per heavy atom. The second-order valence-electron chi connectivity index (χ2n) is 6.45. The molecule has 2 aromatic heterocycles. The monoisotopic (exact) mass is 403 g/mol. The lowest BCUT2D eigenvalue weighted by Crippen LogP contribution is -2.17. The normalized spacial score (nSPS) is 12.2. The van der Waals surface area contributed by atoms with Crippen LogP contribution < -0.4 is 5.56 Å². The van der Waals surface area contributed by atoms with Gasteiger partial charge in [0.2, 0.25) is 0 Å². The smallest absolute Gasteiger partial charge is 0.267 e. The number of aromatic nitrogens is 3. The maximum Gasteiger partial charge on any atom is 0.272 e. The molecule has 0 bridgehead atoms. The van der Waals surface area contributed by atoms with Gasteiger partial charge in [0, 0.05) is 38.3 Å². The summed E-state index contributed by atoms with van der Waals surface area (Å²) in [5.74, 6) is -2.71. The van der Waals surface area contributed by atoms with Gasteiger partial charge < -0.3 is 0 Å². The largest absolute Gasteiger partial charge is 0.272 e. The average Bonchev–Trinajstić information content (AvgIpc) is 2.88. The van der Waals surface area contributed by atoms with E-state index in [1.54, 1.807) is 6.20 Å². The third-order valence-electron chi connectivity index (χ3n) is 4.31. The van der Waals surface area contributed by atoms with Gasteiger partial charge in [0.25, 0.3) is 5.56 Å². The van der Waals surface area contributed by atoms with Gasteiger partial charge in [-0.25, -0.2) is 31.7 Å². The average molecular weight is 403 g/mol. The van der Waals surface area contributed by atoms with Gasteiger partial charge in [-0.15, -0.1) is 0 Å². The maximum atomic E-state index is 14.1. The van der Waals surface area contributed by atoms with Crippen molar-refractivity contribution in [2.45, 2.75) is 12.8 Å². The fourth-order valence-electron chi connectivity index (χ4n) is 2.90. The molecule has 0 aliphatic carbocycles. The Morgan fingerprint density at radius 3 is 2.72 bits per heavy atom. The van der Waals surface area contributed by atoms with Crippen molar-refractivity contribution in [2.75, 3.05) is 0 Å². The maximum absolute atomic E-state index is 14.1. The fraction of sp³-hybridized carbons (Fsp3) is 0.143. The molecule has 2 heterocycles. The Morgan fingerprint density at radius 1 is 1.28 bits per heavy atom. The Bertz CT molecular complexity index is 1200. The van der Waals surface area contributed by atoms with Crippen LogP contribution >= 0.6 is 0 Å². The first-order valence-electron chi connectivity index (χ1n) is 8.62. The first-order valence-corrected chi connectivity index (χ1v) is 8.62. The van der Waals surface area contributed by atoms with Crippen molar-refractivity contribution in [2.24, 2.45) is 7.05 Å². The van der Waals surface area contributed by atoms with E-state index in [2.05, 4.69) is 11.6 Å². The number of nitrogens with zero attached hydrogens (tertiary/aromatic N) is 3. The third-order valence-corrected chi connectivity index (χ3v) is 4.31. The van der Waals surface area contributed by atoms with Gasteiger partial charge in [-0.05, 0) is 29.3 Å². The van der Waals surface area contributed by atoms with Gasteiger partial charge in [0.15, 0.2) is 5.65 Å². The van der Waals surface area contributed by atoms with E-state index >= 15 is 0 Å². The lowest BCUT2D eigenvalue weighted by Gasteiger charge is -2.06. The van der Waals surface area contributed by atoms with Crippen LogP contribution in [-0.2, 0) is 19.9 Å². The zero-order chi connectivity index (χ0) is 21.1. The van der Waals surface area contributed by atoms with Gasteiger partial charge in [-0.2, -0.15) is 0 Å². The molecular formula is C21H17F4N3O. The van der Waals surface area contributed by atoms with E-state index in [-0.39, 0.29) is 29.6 Å². The highest BCUT2D eigenvalue weighted by molar-refractivity contribution is 5.48. The minimum Gasteiger partial charge on any atom is -0.267 e. The molecule has 29 heavy (non-hydrogen) atoms. The van der Waals surface area contributed by atoms with Gasteiger partial charge in [-0.3, -0.25) is 4.79 Å². The minimum atomic E-state index is -0.717. The zero-order valence-corrected chi connectivity index (χ0v) is 15.5. The van der Waals surface area contributed by atoms with Crippen LogP contribution in [0.25, 0.3) is 5.65 Å². The zero-order valence-electron chi connectivity index (χ0n) is 15.5. The van der Waals surface area contributed by atoms with Crippen molar-refractivity contribution in [3.05, 3.63) is 106 Å². The van der Waals surface area contributed by atoms with Crippen molar-refractivity contribution in [1.29, 1.82) is 0 Å². The molecule has 0 atom stereocenters. The molecular weight excluding hydrogens is 386 g/mol. The Kier molecular flexibility index (Phi) is 5.81. The molecule has 4 nitrogen and oxygen atoms in total. The second-order valence-corrected chi connectivity index (χ2v) is 6.45. The number of hydrogen-bond acceptors (Lipinski definition) is 2. The topological polar surface area (TPSA) is 39.3 Å². The highest BCUT2D eigenvalue weighted by atomic mass is 19.1. The number of halogens is 4. The number of rotatable bonds is 6. The molecule has 0 N–H and O–H groups in total. The van der Waals surface area contributed by atoms with E-state index in [1.807, 2.05) is 0 Å². The van der Waals surface area contributed by atoms with Crippen LogP contribution in [-0.4, -0.2) is 14.2 Å². The molecule has 0 aliphatic rings. The predicted octanol–water partition coefficient (Wildman–Crippen LogP) is 4.34. The molecule has 3 rings (SSSR count). The van der Waals surface area contributed by atoms with E-state index in [0.29, 0.717) is 5.56 Å². The predicted molar refractivity (Wildman–Crippen MR) is 102 cm³/mol. The third kappa shape index (κ3) is 4.53. The molecule has 0 spiro atoms. The Hall–Kier alpha value is -3.42. The number of benzene rings is 1. The van der Waals surface area contributed by atoms with Crippen LogP contribution in [0.4, 0.5) is 17.6 Å². The van der Waals surface area contributed by atoms with Crippen molar-refractivity contribution in [1.82, 2.24) is 14.2 Å². The summed E-state index contributed by atoms with van der Waals surface area (Å²) in [6.07, 6.45) is 6.06. The molecule has 0 unspecified atom stereocenters. The number of fused-ring (bicyclic) bond motifs is 1. The van der Waals surface area contributed by atoms with Crippen LogP contribution in [0.5, 0.6) is 0 Å². The molecule has 1 aromatic carbocycles. The van der Waals surface area contributed by atoms with E-state index in [9.17, 15) is 22.4 Å². The summed E-state index contributed by atoms with van der Waals surface area (Å²) in [4.78, 5) is 16.7. The molecule has 0 amide bonds. The van der Waals surface area contributed by atoms with Crippen molar-refractivity contribution < 1.29 is 17.6 Å². The summed E-state index contributed by atoms with van der Waals surface area (Å²) in [6, 6.07) is 3.30. The summed E-state index contributed by atoms with van der Waals surface area (Å²) < 4.78 is 56.3. The quantitative estimate of drug-likeness (QED) is 0.454. The van der Waals surface area contributed by atoms with Crippen molar-refractivity contribution in [3.8, 4) is 0 Å². The molecule has 0 saturated carbocycles. The van der Waals surface area contributed by atoms with Crippen LogP contribution in [0.2, 0.25) is 0 Å². The van der Waals surface area contributed by atoms with E-state index in [1.165, 1.54) is 28.5 Å². The minimum absolute atomic E-state index is 0.133. The van der Waals surface area contributed by atoms with Crippen LogP contribution in [0.3, 0.4) is 0 Å². The van der Waals surface area contributed by atoms with Crippen LogP contribution in [0, 0.1) is 11.6 Å². The highest BCUT2D eigenvalue weighted by Gasteiger charge is 2.16. The molecule has 3 aromatic rings. The van der Waals surface area contributed by atoms with Crippen LogP contribution in [0.1, 0.15) is 16.7 Å². The first kappa shape index (κ1) is 20.3. The first-order chi connectivity index (χ1) is 13.8. The standard InChI is InChI=1S/C21H17F4N3O/c1-13(22)4-3-5-16(23)9-18-20-26-11-14(12-28(20)27(2)21(18)29)8-15-6-7-17(24)10-19(15)25/h3-7,10-12H,1,8-9H2,2H3/b4-3-,16-5+. The summed E-state index contributed by atoms with van der Waals surface area (Å²) in [5, 5.41) is 0. The van der Waals surface area contributed by atoms with Crippen molar-refractivity contribution >= 4 is 5.65 Å². The molecule has 150 valence electrons. The lowest BCUT2D eigenvalue weighted by atomic mass is 10.1. The summed E-state index contributed by atoms with van der Waals surface area (Å²) >= 11 is 0. The van der Waals surface area contributed by atoms with Crippen LogP contribution in [0.15, 0.2) is 71.8 Å². The molecule has 0 saturated heterocycles. The highest BCUT2D eigenvalue weighted by Crippen LogP contribution is 2.17. The number of allylic oxidation sites excluding steroid dienone is 5. The van der Waals surface area contributed by atoms with E-state index < -0.39 is 28.8 Å².